The summed E-state index contributed by atoms with van der Waals surface area (Å²) in [6, 6.07) is 21.0. The van der Waals surface area contributed by atoms with Crippen molar-refractivity contribution in [3.05, 3.63) is 66.2 Å². The quantitative estimate of drug-likeness (QED) is 0.616. The molecule has 4 heteroatoms. The second kappa shape index (κ2) is 7.87. The van der Waals surface area contributed by atoms with Crippen molar-refractivity contribution in [2.24, 2.45) is 0 Å². The summed E-state index contributed by atoms with van der Waals surface area (Å²) in [5.74, 6) is 0.961. The molecule has 0 spiro atoms. The monoisotopic (exact) mass is 349 g/mol. The van der Waals surface area contributed by atoms with Gasteiger partial charge in [0.1, 0.15) is 0 Å². The van der Waals surface area contributed by atoms with Gasteiger partial charge in [-0.1, -0.05) is 91.7 Å². The van der Waals surface area contributed by atoms with Gasteiger partial charge in [-0.2, -0.15) is 0 Å². The van der Waals surface area contributed by atoms with Gasteiger partial charge in [0.15, 0.2) is 11.0 Å². The van der Waals surface area contributed by atoms with Gasteiger partial charge in [-0.25, -0.2) is 0 Å². The van der Waals surface area contributed by atoms with E-state index in [-0.39, 0.29) is 0 Å². The molecule has 3 nitrogen and oxygen atoms in total. The Hall–Kier alpha value is -2.07. The summed E-state index contributed by atoms with van der Waals surface area (Å²) in [7, 11) is 0. The Bertz CT molecular complexity index is 793. The van der Waals surface area contributed by atoms with Gasteiger partial charge in [0.05, 0.1) is 6.54 Å². The van der Waals surface area contributed by atoms with Gasteiger partial charge in [-0.3, -0.25) is 4.57 Å². The number of hydrogen-bond donors (Lipinski definition) is 0. The normalized spacial score (nSPS) is 15.4. The third-order valence-corrected chi connectivity index (χ3v) is 6.07. The van der Waals surface area contributed by atoms with Gasteiger partial charge in [-0.15, -0.1) is 10.2 Å². The van der Waals surface area contributed by atoms with E-state index in [9.17, 15) is 0 Å². The van der Waals surface area contributed by atoms with Crippen LogP contribution in [0.1, 0.15) is 37.7 Å². The van der Waals surface area contributed by atoms with Gasteiger partial charge in [-0.05, 0) is 18.4 Å². The fraction of sp³-hybridized carbons (Fsp3) is 0.333. The molecular weight excluding hydrogens is 326 g/mol. The Morgan fingerprint density at radius 1 is 0.840 bits per heavy atom. The van der Waals surface area contributed by atoms with E-state index in [4.69, 9.17) is 0 Å². The number of nitrogens with zero attached hydrogens (tertiary/aromatic N) is 3. The maximum absolute atomic E-state index is 4.56. The predicted octanol–water partition coefficient (Wildman–Crippen LogP) is 5.42. The molecule has 0 unspecified atom stereocenters. The number of benzene rings is 2. The second-order valence-corrected chi connectivity index (χ2v) is 7.89. The summed E-state index contributed by atoms with van der Waals surface area (Å²) in [4.78, 5) is 0. The average molecular weight is 350 g/mol. The molecule has 1 heterocycles. The number of hydrogen-bond acceptors (Lipinski definition) is 3. The molecule has 0 N–H and O–H groups in total. The van der Waals surface area contributed by atoms with Crippen LogP contribution in [0, 0.1) is 0 Å². The van der Waals surface area contributed by atoms with Crippen LogP contribution >= 0.6 is 11.8 Å². The Kier molecular flexibility index (Phi) is 5.17. The van der Waals surface area contributed by atoms with Crippen LogP contribution in [-0.4, -0.2) is 20.0 Å². The molecule has 1 aliphatic rings. The molecule has 0 bridgehead atoms. The van der Waals surface area contributed by atoms with E-state index in [1.54, 1.807) is 0 Å². The van der Waals surface area contributed by atoms with Crippen molar-refractivity contribution < 1.29 is 0 Å². The molecule has 0 amide bonds. The smallest absolute Gasteiger partial charge is 0.192 e. The van der Waals surface area contributed by atoms with Gasteiger partial charge in [0, 0.05) is 10.8 Å². The third-order valence-electron chi connectivity index (χ3n) is 4.76. The van der Waals surface area contributed by atoms with Crippen molar-refractivity contribution in [1.82, 2.24) is 14.8 Å². The highest BCUT2D eigenvalue weighted by atomic mass is 32.2. The van der Waals surface area contributed by atoms with Gasteiger partial charge in [0.25, 0.3) is 0 Å². The Morgan fingerprint density at radius 2 is 1.52 bits per heavy atom. The summed E-state index contributed by atoms with van der Waals surface area (Å²) in [6.45, 7) is 0.813. The minimum Gasteiger partial charge on any atom is -0.298 e. The summed E-state index contributed by atoms with van der Waals surface area (Å²) < 4.78 is 2.28. The molecule has 0 radical (unpaired) electrons. The average Bonchev–Trinajstić information content (AvgIpc) is 3.06. The maximum atomic E-state index is 4.56. The van der Waals surface area contributed by atoms with Crippen molar-refractivity contribution in [2.75, 3.05) is 0 Å². The van der Waals surface area contributed by atoms with Crippen LogP contribution in [0.15, 0.2) is 65.8 Å². The second-order valence-electron chi connectivity index (χ2n) is 6.62. The van der Waals surface area contributed by atoms with Crippen molar-refractivity contribution in [1.29, 1.82) is 0 Å². The van der Waals surface area contributed by atoms with E-state index in [2.05, 4.69) is 69.4 Å². The largest absolute Gasteiger partial charge is 0.298 e. The summed E-state index contributed by atoms with van der Waals surface area (Å²) in [5.41, 5.74) is 2.41. The number of rotatable bonds is 5. The Balaban J connectivity index is 1.67. The first-order chi connectivity index (χ1) is 12.4. The van der Waals surface area contributed by atoms with E-state index in [0.717, 1.165) is 23.1 Å². The standard InChI is InChI=1S/C21H23N3S/c1-4-10-17(11-5-1)16-24-20(18-12-6-2-7-13-18)22-23-21(24)25-19-14-8-3-9-15-19/h1-2,4-7,10-13,19H,3,8-9,14-16H2. The maximum Gasteiger partial charge on any atom is 0.192 e. The highest BCUT2D eigenvalue weighted by Gasteiger charge is 2.20. The predicted molar refractivity (Wildman–Crippen MR) is 104 cm³/mol. The summed E-state index contributed by atoms with van der Waals surface area (Å²) >= 11 is 1.92. The lowest BCUT2D eigenvalue weighted by atomic mass is 10.0. The fourth-order valence-corrected chi connectivity index (χ4v) is 4.65. The number of aromatic nitrogens is 3. The van der Waals surface area contributed by atoms with Crippen LogP contribution in [-0.2, 0) is 6.54 Å². The lowest BCUT2D eigenvalue weighted by Crippen LogP contribution is -2.11. The molecule has 0 atom stereocenters. The van der Waals surface area contributed by atoms with Crippen LogP contribution in [0.3, 0.4) is 0 Å². The molecule has 128 valence electrons. The molecule has 0 aliphatic heterocycles. The van der Waals surface area contributed by atoms with Crippen molar-refractivity contribution in [3.8, 4) is 11.4 Å². The number of thioether (sulfide) groups is 1. The molecule has 0 saturated heterocycles. The van der Waals surface area contributed by atoms with Crippen molar-refractivity contribution in [2.45, 2.75) is 49.1 Å². The Labute approximate surface area is 153 Å². The zero-order chi connectivity index (χ0) is 16.9. The summed E-state index contributed by atoms with van der Waals surface area (Å²) in [5, 5.41) is 10.8. The van der Waals surface area contributed by atoms with E-state index >= 15 is 0 Å². The molecule has 1 fully saturated rings. The molecule has 4 rings (SSSR count). The topological polar surface area (TPSA) is 30.7 Å². The first-order valence-electron chi connectivity index (χ1n) is 9.09. The molecule has 25 heavy (non-hydrogen) atoms. The lowest BCUT2D eigenvalue weighted by Gasteiger charge is -2.21. The van der Waals surface area contributed by atoms with E-state index in [1.165, 1.54) is 37.7 Å². The van der Waals surface area contributed by atoms with Crippen LogP contribution in [0.2, 0.25) is 0 Å². The highest BCUT2D eigenvalue weighted by molar-refractivity contribution is 7.99. The van der Waals surface area contributed by atoms with E-state index < -0.39 is 0 Å². The van der Waals surface area contributed by atoms with Crippen LogP contribution < -0.4 is 0 Å². The highest BCUT2D eigenvalue weighted by Crippen LogP contribution is 2.34. The molecular formula is C21H23N3S. The summed E-state index contributed by atoms with van der Waals surface area (Å²) in [6.07, 6.45) is 6.65. The minimum atomic E-state index is 0.677. The fourth-order valence-electron chi connectivity index (χ4n) is 3.42. The van der Waals surface area contributed by atoms with Crippen molar-refractivity contribution >= 4 is 11.8 Å². The van der Waals surface area contributed by atoms with E-state index in [1.807, 2.05) is 17.8 Å². The zero-order valence-corrected chi connectivity index (χ0v) is 15.2. The van der Waals surface area contributed by atoms with Crippen LogP contribution in [0.25, 0.3) is 11.4 Å². The van der Waals surface area contributed by atoms with Crippen molar-refractivity contribution in [3.63, 3.8) is 0 Å². The molecule has 3 aromatic rings. The first-order valence-corrected chi connectivity index (χ1v) is 9.97. The lowest BCUT2D eigenvalue weighted by molar-refractivity contribution is 0.514. The first kappa shape index (κ1) is 16.4. The van der Waals surface area contributed by atoms with Gasteiger partial charge >= 0.3 is 0 Å². The third kappa shape index (κ3) is 3.96. The SMILES string of the molecule is c1ccc(Cn2c(SC3CCCCC3)nnc2-c2ccccc2)cc1. The zero-order valence-electron chi connectivity index (χ0n) is 14.3. The van der Waals surface area contributed by atoms with Gasteiger partial charge < -0.3 is 0 Å². The molecule has 2 aromatic carbocycles. The molecule has 1 aliphatic carbocycles. The van der Waals surface area contributed by atoms with Crippen LogP contribution in [0.5, 0.6) is 0 Å². The molecule has 1 saturated carbocycles. The minimum absolute atomic E-state index is 0.677. The van der Waals surface area contributed by atoms with E-state index in [0.29, 0.717) is 5.25 Å². The Morgan fingerprint density at radius 3 is 2.24 bits per heavy atom. The van der Waals surface area contributed by atoms with Gasteiger partial charge in [0.2, 0.25) is 0 Å². The van der Waals surface area contributed by atoms with Crippen LogP contribution in [0.4, 0.5) is 0 Å². The molecule has 1 aromatic heterocycles.